The number of benzene rings is 1. The van der Waals surface area contributed by atoms with Crippen LogP contribution in [0.5, 0.6) is 0 Å². The van der Waals surface area contributed by atoms with Crippen LogP contribution in [0.2, 0.25) is 5.02 Å². The fourth-order valence-corrected chi connectivity index (χ4v) is 1.99. The second-order valence-electron chi connectivity index (χ2n) is 4.27. The first kappa shape index (κ1) is 11.4. The Balaban J connectivity index is 2.51. The summed E-state index contributed by atoms with van der Waals surface area (Å²) in [4.78, 5) is 4.39. The van der Waals surface area contributed by atoms with Gasteiger partial charge in [-0.1, -0.05) is 31.0 Å². The molecule has 0 bridgehead atoms. The molecule has 0 saturated carbocycles. The van der Waals surface area contributed by atoms with Crippen molar-refractivity contribution >= 4 is 22.7 Å². The molecule has 0 spiro atoms. The van der Waals surface area contributed by atoms with Crippen LogP contribution in [0.25, 0.3) is 11.1 Å². The van der Waals surface area contributed by atoms with Gasteiger partial charge < -0.3 is 10.2 Å². The van der Waals surface area contributed by atoms with Crippen LogP contribution in [-0.2, 0) is 5.54 Å². The van der Waals surface area contributed by atoms with E-state index in [0.29, 0.717) is 16.5 Å². The maximum absolute atomic E-state index is 6.16. The molecule has 1 heterocycles. The molecule has 0 aliphatic rings. The molecule has 16 heavy (non-hydrogen) atoms. The molecule has 1 atom stereocenters. The van der Waals surface area contributed by atoms with Crippen LogP contribution < -0.4 is 5.73 Å². The molecule has 0 fully saturated rings. The molecular formula is C12H15ClN2O. The van der Waals surface area contributed by atoms with Gasteiger partial charge >= 0.3 is 0 Å². The smallest absolute Gasteiger partial charge is 0.215 e. The molecule has 0 aliphatic heterocycles. The van der Waals surface area contributed by atoms with E-state index in [0.717, 1.165) is 18.4 Å². The van der Waals surface area contributed by atoms with Crippen LogP contribution in [-0.4, -0.2) is 4.98 Å². The van der Waals surface area contributed by atoms with Gasteiger partial charge in [0.05, 0.1) is 10.6 Å². The number of oxazole rings is 1. The minimum Gasteiger partial charge on any atom is -0.437 e. The van der Waals surface area contributed by atoms with Crippen molar-refractivity contribution in [1.29, 1.82) is 0 Å². The number of halogens is 1. The van der Waals surface area contributed by atoms with Gasteiger partial charge in [0.15, 0.2) is 5.58 Å². The predicted octanol–water partition coefficient (Wildman–Crippen LogP) is 3.46. The van der Waals surface area contributed by atoms with Gasteiger partial charge in [0.25, 0.3) is 0 Å². The van der Waals surface area contributed by atoms with Crippen LogP contribution in [0.3, 0.4) is 0 Å². The first-order chi connectivity index (χ1) is 7.54. The van der Waals surface area contributed by atoms with E-state index >= 15 is 0 Å². The van der Waals surface area contributed by atoms with E-state index < -0.39 is 5.54 Å². The van der Waals surface area contributed by atoms with Crippen LogP contribution in [0.15, 0.2) is 22.6 Å². The summed E-state index contributed by atoms with van der Waals surface area (Å²) in [6.07, 6.45) is 1.82. The fourth-order valence-electron chi connectivity index (χ4n) is 1.79. The quantitative estimate of drug-likeness (QED) is 0.891. The molecule has 0 saturated heterocycles. The Morgan fingerprint density at radius 2 is 2.25 bits per heavy atom. The fraction of sp³-hybridized carbons (Fsp3) is 0.417. The van der Waals surface area contributed by atoms with E-state index in [1.54, 1.807) is 6.07 Å². The lowest BCUT2D eigenvalue weighted by molar-refractivity contribution is 0.342. The van der Waals surface area contributed by atoms with Gasteiger partial charge in [-0.2, -0.15) is 0 Å². The van der Waals surface area contributed by atoms with E-state index in [4.69, 9.17) is 21.8 Å². The van der Waals surface area contributed by atoms with Gasteiger partial charge in [0.1, 0.15) is 5.52 Å². The standard InChI is InChI=1S/C12H15ClN2O/c1-3-7-12(2,14)11-15-9-6-4-5-8(13)10(9)16-11/h4-6H,3,7,14H2,1-2H3. The lowest BCUT2D eigenvalue weighted by Gasteiger charge is -2.19. The summed E-state index contributed by atoms with van der Waals surface area (Å²) in [6, 6.07) is 5.51. The van der Waals surface area contributed by atoms with Crippen molar-refractivity contribution in [3.8, 4) is 0 Å². The lowest BCUT2D eigenvalue weighted by atomic mass is 9.98. The Hall–Kier alpha value is -1.06. The Morgan fingerprint density at radius 3 is 2.88 bits per heavy atom. The molecule has 2 aromatic rings. The second kappa shape index (κ2) is 4.07. The maximum atomic E-state index is 6.16. The molecule has 3 nitrogen and oxygen atoms in total. The van der Waals surface area contributed by atoms with Gasteiger partial charge in [0, 0.05) is 0 Å². The average Bonchev–Trinajstić information content (AvgIpc) is 2.63. The largest absolute Gasteiger partial charge is 0.437 e. The van der Waals surface area contributed by atoms with Crippen molar-refractivity contribution in [1.82, 2.24) is 4.98 Å². The average molecular weight is 239 g/mol. The minimum absolute atomic E-state index is 0.531. The first-order valence-electron chi connectivity index (χ1n) is 5.39. The summed E-state index contributed by atoms with van der Waals surface area (Å²) in [5, 5.41) is 0.573. The Bertz CT molecular complexity index is 505. The number of nitrogens with zero attached hydrogens (tertiary/aromatic N) is 1. The second-order valence-corrected chi connectivity index (χ2v) is 4.68. The molecule has 0 aliphatic carbocycles. The molecule has 86 valence electrons. The highest BCUT2D eigenvalue weighted by Crippen LogP contribution is 2.29. The molecule has 2 rings (SSSR count). The van der Waals surface area contributed by atoms with Gasteiger partial charge in [-0.05, 0) is 25.5 Å². The summed E-state index contributed by atoms with van der Waals surface area (Å²) < 4.78 is 5.65. The van der Waals surface area contributed by atoms with Crippen molar-refractivity contribution in [2.24, 2.45) is 5.73 Å². The third-order valence-electron chi connectivity index (χ3n) is 2.62. The monoisotopic (exact) mass is 238 g/mol. The molecule has 0 radical (unpaired) electrons. The van der Waals surface area contributed by atoms with Crippen LogP contribution >= 0.6 is 11.6 Å². The Kier molecular flexibility index (Phi) is 2.91. The lowest BCUT2D eigenvalue weighted by Crippen LogP contribution is -2.33. The third-order valence-corrected chi connectivity index (χ3v) is 2.92. The molecule has 0 amide bonds. The topological polar surface area (TPSA) is 52.0 Å². The Morgan fingerprint density at radius 1 is 1.50 bits per heavy atom. The Labute approximate surface area is 99.6 Å². The first-order valence-corrected chi connectivity index (χ1v) is 5.77. The maximum Gasteiger partial charge on any atom is 0.215 e. The molecular weight excluding hydrogens is 224 g/mol. The molecule has 2 N–H and O–H groups in total. The zero-order valence-electron chi connectivity index (χ0n) is 9.46. The third kappa shape index (κ3) is 1.93. The van der Waals surface area contributed by atoms with Crippen molar-refractivity contribution in [3.05, 3.63) is 29.1 Å². The van der Waals surface area contributed by atoms with E-state index in [1.807, 2.05) is 19.1 Å². The number of para-hydroxylation sites is 1. The normalized spacial score (nSPS) is 15.2. The van der Waals surface area contributed by atoms with Gasteiger partial charge in [-0.25, -0.2) is 4.98 Å². The van der Waals surface area contributed by atoms with Crippen LogP contribution in [0, 0.1) is 0 Å². The molecule has 1 unspecified atom stereocenters. The minimum atomic E-state index is -0.531. The number of nitrogens with two attached hydrogens (primary N) is 1. The number of hydrogen-bond donors (Lipinski definition) is 1. The molecule has 4 heteroatoms. The van der Waals surface area contributed by atoms with Crippen LogP contribution in [0.4, 0.5) is 0 Å². The number of rotatable bonds is 3. The van der Waals surface area contributed by atoms with Crippen molar-refractivity contribution < 1.29 is 4.42 Å². The van der Waals surface area contributed by atoms with E-state index in [1.165, 1.54) is 0 Å². The molecule has 1 aromatic heterocycles. The summed E-state index contributed by atoms with van der Waals surface area (Å²) in [7, 11) is 0. The number of hydrogen-bond acceptors (Lipinski definition) is 3. The van der Waals surface area contributed by atoms with Crippen molar-refractivity contribution in [2.45, 2.75) is 32.2 Å². The summed E-state index contributed by atoms with van der Waals surface area (Å²) in [5.41, 5.74) is 7.01. The SMILES string of the molecule is CCCC(C)(N)c1nc2cccc(Cl)c2o1. The van der Waals surface area contributed by atoms with E-state index in [2.05, 4.69) is 11.9 Å². The van der Waals surface area contributed by atoms with Crippen molar-refractivity contribution in [2.75, 3.05) is 0 Å². The summed E-state index contributed by atoms with van der Waals surface area (Å²) in [5.74, 6) is 0.553. The van der Waals surface area contributed by atoms with E-state index in [-0.39, 0.29) is 0 Å². The summed E-state index contributed by atoms with van der Waals surface area (Å²) >= 11 is 6.02. The van der Waals surface area contributed by atoms with Gasteiger partial charge in [-0.3, -0.25) is 0 Å². The van der Waals surface area contributed by atoms with Crippen LogP contribution in [0.1, 0.15) is 32.6 Å². The number of aromatic nitrogens is 1. The van der Waals surface area contributed by atoms with Gasteiger partial charge in [0.2, 0.25) is 5.89 Å². The highest BCUT2D eigenvalue weighted by Gasteiger charge is 2.26. The highest BCUT2D eigenvalue weighted by molar-refractivity contribution is 6.34. The highest BCUT2D eigenvalue weighted by atomic mass is 35.5. The zero-order valence-corrected chi connectivity index (χ0v) is 10.2. The van der Waals surface area contributed by atoms with Gasteiger partial charge in [-0.15, -0.1) is 0 Å². The summed E-state index contributed by atoms with van der Waals surface area (Å²) in [6.45, 7) is 4.01. The predicted molar refractivity (Wildman–Crippen MR) is 65.5 cm³/mol. The van der Waals surface area contributed by atoms with Crippen molar-refractivity contribution in [3.63, 3.8) is 0 Å². The zero-order chi connectivity index (χ0) is 11.8. The van der Waals surface area contributed by atoms with E-state index in [9.17, 15) is 0 Å². The number of fused-ring (bicyclic) bond motifs is 1. The molecule has 1 aromatic carbocycles.